The van der Waals surface area contributed by atoms with Gasteiger partial charge in [0, 0.05) is 30.6 Å². The first-order chi connectivity index (χ1) is 16.1. The summed E-state index contributed by atoms with van der Waals surface area (Å²) in [7, 11) is 1.21. The molecule has 9 nitrogen and oxygen atoms in total. The van der Waals surface area contributed by atoms with Crippen LogP contribution in [0.25, 0.3) is 0 Å². The third-order valence-electron chi connectivity index (χ3n) is 5.68. The molecule has 0 aliphatic carbocycles. The Labute approximate surface area is 195 Å². The Kier molecular flexibility index (Phi) is 7.73. The third kappa shape index (κ3) is 5.60. The molecule has 1 saturated heterocycles. The number of methoxy groups -OCH3 is 1. The molecule has 2 aliphatic rings. The predicted molar refractivity (Wildman–Crippen MR) is 119 cm³/mol. The van der Waals surface area contributed by atoms with Crippen LogP contribution in [-0.4, -0.2) is 61.0 Å². The smallest absolute Gasteiger partial charge is 0.345 e. The van der Waals surface area contributed by atoms with Gasteiger partial charge < -0.3 is 19.1 Å². The Balaban J connectivity index is 1.38. The van der Waals surface area contributed by atoms with E-state index in [4.69, 9.17) is 14.2 Å². The number of amides is 1. The second kappa shape index (κ2) is 10.9. The lowest BCUT2D eigenvalue weighted by atomic mass is 10.1. The summed E-state index contributed by atoms with van der Waals surface area (Å²) in [6.45, 7) is 3.86. The zero-order valence-corrected chi connectivity index (χ0v) is 19.3. The molecule has 0 radical (unpaired) electrons. The van der Waals surface area contributed by atoms with Crippen molar-refractivity contribution in [1.82, 2.24) is 20.1 Å². The number of ether oxygens (including phenoxy) is 3. The Hall–Kier alpha value is -2.76. The second-order valence-corrected chi connectivity index (χ2v) is 8.68. The van der Waals surface area contributed by atoms with Crippen molar-refractivity contribution >= 4 is 23.4 Å². The largest absolute Gasteiger partial charge is 0.493 e. The normalized spacial score (nSPS) is 15.6. The van der Waals surface area contributed by atoms with Crippen LogP contribution in [0.15, 0.2) is 12.1 Å². The van der Waals surface area contributed by atoms with E-state index in [0.717, 1.165) is 36.7 Å². The van der Waals surface area contributed by atoms with E-state index in [0.29, 0.717) is 25.3 Å². The van der Waals surface area contributed by atoms with Gasteiger partial charge in [-0.05, 0) is 49.6 Å². The monoisotopic (exact) mass is 478 g/mol. The van der Waals surface area contributed by atoms with Gasteiger partial charge in [0.15, 0.2) is 0 Å². The van der Waals surface area contributed by atoms with Crippen LogP contribution in [0.3, 0.4) is 0 Å². The van der Waals surface area contributed by atoms with Gasteiger partial charge >= 0.3 is 5.97 Å². The van der Waals surface area contributed by atoms with Crippen LogP contribution in [0.1, 0.15) is 50.4 Å². The zero-order chi connectivity index (χ0) is 23.2. The summed E-state index contributed by atoms with van der Waals surface area (Å²) < 4.78 is 34.4. The minimum Gasteiger partial charge on any atom is -0.493 e. The molecule has 0 atom stereocenters. The van der Waals surface area contributed by atoms with Crippen LogP contribution < -0.4 is 20.3 Å². The van der Waals surface area contributed by atoms with E-state index in [-0.39, 0.29) is 28.5 Å². The summed E-state index contributed by atoms with van der Waals surface area (Å²) in [4.78, 5) is 27.4. The molecule has 0 spiro atoms. The Morgan fingerprint density at radius 2 is 2.09 bits per heavy atom. The van der Waals surface area contributed by atoms with Gasteiger partial charge in [-0.1, -0.05) is 6.42 Å². The van der Waals surface area contributed by atoms with Crippen LogP contribution in [0.4, 0.5) is 4.39 Å². The third-order valence-corrected chi connectivity index (χ3v) is 6.51. The van der Waals surface area contributed by atoms with Crippen molar-refractivity contribution in [3.8, 4) is 11.6 Å². The number of hydrazine groups is 1. The first-order valence-corrected chi connectivity index (χ1v) is 11.7. The molecule has 0 saturated carbocycles. The molecule has 178 valence electrons. The van der Waals surface area contributed by atoms with E-state index < -0.39 is 17.7 Å². The van der Waals surface area contributed by atoms with Gasteiger partial charge in [-0.25, -0.2) is 14.6 Å². The molecule has 1 amide bonds. The van der Waals surface area contributed by atoms with Gasteiger partial charge in [0.1, 0.15) is 28.6 Å². The first-order valence-electron chi connectivity index (χ1n) is 11.0. The highest BCUT2D eigenvalue weighted by Crippen LogP contribution is 2.31. The van der Waals surface area contributed by atoms with Crippen molar-refractivity contribution < 1.29 is 28.2 Å². The van der Waals surface area contributed by atoms with Crippen molar-refractivity contribution in [2.45, 2.75) is 32.3 Å². The number of benzene rings is 1. The molecular formula is C22H27FN4O5S. The molecule has 2 N–H and O–H groups in total. The Morgan fingerprint density at radius 1 is 1.27 bits per heavy atom. The van der Waals surface area contributed by atoms with Crippen LogP contribution in [-0.2, 0) is 17.8 Å². The molecule has 11 heteroatoms. The van der Waals surface area contributed by atoms with Crippen molar-refractivity contribution in [1.29, 1.82) is 0 Å². The fraction of sp³-hybridized carbons (Fsp3) is 0.500. The maximum absolute atomic E-state index is 14.4. The van der Waals surface area contributed by atoms with E-state index in [1.807, 2.05) is 0 Å². The van der Waals surface area contributed by atoms with Crippen molar-refractivity contribution in [3.63, 3.8) is 0 Å². The molecule has 3 heterocycles. The van der Waals surface area contributed by atoms with Crippen molar-refractivity contribution in [3.05, 3.63) is 39.5 Å². The van der Waals surface area contributed by atoms with Crippen molar-refractivity contribution in [2.24, 2.45) is 0 Å². The average molecular weight is 479 g/mol. The first kappa shape index (κ1) is 23.4. The average Bonchev–Trinajstić information content (AvgIpc) is 3.47. The van der Waals surface area contributed by atoms with Crippen LogP contribution in [0.5, 0.6) is 11.6 Å². The quantitative estimate of drug-likeness (QED) is 0.322. The Bertz CT molecular complexity index is 1010. The van der Waals surface area contributed by atoms with E-state index >= 15 is 0 Å². The van der Waals surface area contributed by atoms with Gasteiger partial charge in [-0.3, -0.25) is 10.2 Å². The van der Waals surface area contributed by atoms with E-state index in [1.165, 1.54) is 32.4 Å². The topological polar surface area (TPSA) is 102 Å². The molecule has 1 aromatic carbocycles. The predicted octanol–water partition coefficient (Wildman–Crippen LogP) is 2.30. The van der Waals surface area contributed by atoms with Gasteiger partial charge in [-0.2, -0.15) is 4.37 Å². The number of likely N-dealkylation sites (tertiary alicyclic amines) is 1. The molecule has 4 rings (SSSR count). The number of hydrogen-bond acceptors (Lipinski definition) is 9. The number of nitrogens with zero attached hydrogens (tertiary/aromatic N) is 2. The summed E-state index contributed by atoms with van der Waals surface area (Å²) in [6, 6.07) is 3.01. The summed E-state index contributed by atoms with van der Waals surface area (Å²) >= 11 is 0.817. The zero-order valence-electron chi connectivity index (χ0n) is 18.4. The van der Waals surface area contributed by atoms with Gasteiger partial charge in [0.05, 0.1) is 13.7 Å². The number of carbonyl (C=O) groups is 2. The number of nitrogens with one attached hydrogen (secondary N) is 2. The number of rotatable bonds is 9. The lowest BCUT2D eigenvalue weighted by Gasteiger charge is -2.26. The van der Waals surface area contributed by atoms with Gasteiger partial charge in [0.25, 0.3) is 5.91 Å². The number of halogens is 1. The minimum atomic E-state index is -0.755. The van der Waals surface area contributed by atoms with Gasteiger partial charge in [-0.15, -0.1) is 0 Å². The SMILES string of the molecule is COC(=O)c1c(OCc2cc3c(cc2F)CCO3)nsc1C(=O)NNCCN1CCCCC1. The number of aromatic nitrogens is 1. The minimum absolute atomic E-state index is 0.0556. The molecule has 0 bridgehead atoms. The molecule has 2 aromatic rings. The van der Waals surface area contributed by atoms with Crippen molar-refractivity contribution in [2.75, 3.05) is 39.9 Å². The van der Waals surface area contributed by atoms with Crippen LogP contribution in [0.2, 0.25) is 0 Å². The number of piperidine rings is 1. The van der Waals surface area contributed by atoms with Crippen LogP contribution in [0, 0.1) is 5.82 Å². The van der Waals surface area contributed by atoms with Crippen LogP contribution >= 0.6 is 11.5 Å². The number of fused-ring (bicyclic) bond motifs is 1. The summed E-state index contributed by atoms with van der Waals surface area (Å²) in [6.07, 6.45) is 4.32. The highest BCUT2D eigenvalue weighted by atomic mass is 32.1. The molecule has 0 unspecified atom stereocenters. The van der Waals surface area contributed by atoms with Gasteiger partial charge in [0.2, 0.25) is 5.88 Å². The fourth-order valence-corrected chi connectivity index (χ4v) is 4.62. The highest BCUT2D eigenvalue weighted by Gasteiger charge is 2.28. The maximum Gasteiger partial charge on any atom is 0.345 e. The van der Waals surface area contributed by atoms with E-state index in [1.54, 1.807) is 6.07 Å². The lowest BCUT2D eigenvalue weighted by Crippen LogP contribution is -2.43. The number of hydrogen-bond donors (Lipinski definition) is 2. The standard InChI is InChI=1S/C22H27FN4O5S/c1-30-22(29)18-19(20(28)25-24-6-9-27-7-3-2-4-8-27)33-26-21(18)32-13-15-12-17-14(5-10-31-17)11-16(15)23/h11-12,24H,2-10,13H2,1H3,(H,25,28). The Morgan fingerprint density at radius 3 is 2.88 bits per heavy atom. The molecule has 2 aliphatic heterocycles. The maximum atomic E-state index is 14.4. The number of esters is 1. The fourth-order valence-electron chi connectivity index (χ4n) is 3.90. The summed E-state index contributed by atoms with van der Waals surface area (Å²) in [5, 5.41) is 0. The second-order valence-electron chi connectivity index (χ2n) is 7.91. The molecule has 1 fully saturated rings. The van der Waals surface area contributed by atoms with E-state index in [9.17, 15) is 14.0 Å². The summed E-state index contributed by atoms with van der Waals surface area (Å²) in [5.41, 5.74) is 6.49. The summed E-state index contributed by atoms with van der Waals surface area (Å²) in [5.74, 6) is -1.15. The lowest BCUT2D eigenvalue weighted by molar-refractivity contribution is 0.0591. The number of carbonyl (C=O) groups excluding carboxylic acids is 2. The molecule has 33 heavy (non-hydrogen) atoms. The molecular weight excluding hydrogens is 451 g/mol. The molecule has 1 aromatic heterocycles. The van der Waals surface area contributed by atoms with E-state index in [2.05, 4.69) is 20.1 Å². The highest BCUT2D eigenvalue weighted by molar-refractivity contribution is 7.08.